The Hall–Kier alpha value is -3.84. The summed E-state index contributed by atoms with van der Waals surface area (Å²) in [7, 11) is 0. The van der Waals surface area contributed by atoms with Gasteiger partial charge in [-0.05, 0) is 35.4 Å². The molecule has 0 saturated carbocycles. The molecule has 1 aliphatic rings. The molecule has 3 aromatic rings. The zero-order valence-electron chi connectivity index (χ0n) is 16.9. The van der Waals surface area contributed by atoms with Crippen molar-refractivity contribution in [1.29, 1.82) is 0 Å². The van der Waals surface area contributed by atoms with E-state index in [1.165, 1.54) is 6.26 Å². The highest BCUT2D eigenvalue weighted by Gasteiger charge is 2.23. The number of carbonyl (C=O) groups is 1. The number of pyridine rings is 1. The third-order valence-electron chi connectivity index (χ3n) is 4.77. The summed E-state index contributed by atoms with van der Waals surface area (Å²) in [5, 5.41) is 3.29. The molecule has 7 heteroatoms. The van der Waals surface area contributed by atoms with E-state index in [0.717, 1.165) is 11.1 Å². The van der Waals surface area contributed by atoms with Crippen LogP contribution >= 0.6 is 0 Å². The largest absolute Gasteiger partial charge is 0.462 e. The predicted molar refractivity (Wildman–Crippen MR) is 116 cm³/mol. The Morgan fingerprint density at radius 2 is 1.77 bits per heavy atom. The third kappa shape index (κ3) is 5.61. The standard InChI is InChI=1S/C24H23N3O4/c28-24(20-8-4-5-9-21(20)26-15-19-10-12-25-13-11-19)27-31-22(23-16-29-17-30-23)14-18-6-2-1-3-7-18/h1-13,16,22,26H,14-15,17H2,(H,27,28). The minimum Gasteiger partial charge on any atom is -0.462 e. The van der Waals surface area contributed by atoms with E-state index < -0.39 is 6.10 Å². The normalized spacial score (nSPS) is 13.5. The summed E-state index contributed by atoms with van der Waals surface area (Å²) in [6, 6.07) is 21.0. The minimum absolute atomic E-state index is 0.139. The molecule has 0 bridgehead atoms. The number of rotatable bonds is 9. The van der Waals surface area contributed by atoms with Gasteiger partial charge in [0.1, 0.15) is 12.4 Å². The second-order valence-corrected chi connectivity index (χ2v) is 6.93. The van der Waals surface area contributed by atoms with Gasteiger partial charge in [-0.3, -0.25) is 14.6 Å². The number of hydrogen-bond donors (Lipinski definition) is 2. The number of nitrogens with zero attached hydrogens (tertiary/aromatic N) is 1. The maximum atomic E-state index is 12.9. The summed E-state index contributed by atoms with van der Waals surface area (Å²) >= 11 is 0. The molecular weight excluding hydrogens is 394 g/mol. The molecule has 7 nitrogen and oxygen atoms in total. The van der Waals surface area contributed by atoms with Gasteiger partial charge < -0.3 is 14.8 Å². The number of benzene rings is 2. The van der Waals surface area contributed by atoms with Crippen molar-refractivity contribution in [3.8, 4) is 0 Å². The fourth-order valence-electron chi connectivity index (χ4n) is 3.16. The van der Waals surface area contributed by atoms with Crippen LogP contribution in [0.5, 0.6) is 0 Å². The van der Waals surface area contributed by atoms with Crippen LogP contribution in [0.15, 0.2) is 91.1 Å². The van der Waals surface area contributed by atoms with Gasteiger partial charge in [-0.1, -0.05) is 42.5 Å². The van der Waals surface area contributed by atoms with Gasteiger partial charge in [0.2, 0.25) is 6.79 Å². The van der Waals surface area contributed by atoms with Gasteiger partial charge in [-0.15, -0.1) is 0 Å². The Labute approximate surface area is 180 Å². The molecule has 4 rings (SSSR count). The molecule has 1 aromatic heterocycles. The highest BCUT2D eigenvalue weighted by molar-refractivity contribution is 5.99. The Balaban J connectivity index is 1.42. The number of para-hydroxylation sites is 1. The molecule has 1 aliphatic heterocycles. The van der Waals surface area contributed by atoms with Crippen molar-refractivity contribution in [1.82, 2.24) is 10.5 Å². The van der Waals surface area contributed by atoms with E-state index in [1.807, 2.05) is 60.7 Å². The average Bonchev–Trinajstić information content (AvgIpc) is 3.37. The SMILES string of the molecule is O=C(NOC(Cc1ccccc1)C1=COCO1)c1ccccc1NCc1ccncc1. The van der Waals surface area contributed by atoms with Crippen LogP contribution in [0.1, 0.15) is 21.5 Å². The first kappa shape index (κ1) is 20.4. The lowest BCUT2D eigenvalue weighted by Crippen LogP contribution is -2.32. The summed E-state index contributed by atoms with van der Waals surface area (Å²) in [5.41, 5.74) is 5.87. The zero-order valence-corrected chi connectivity index (χ0v) is 16.9. The molecular formula is C24H23N3O4. The van der Waals surface area contributed by atoms with Gasteiger partial charge >= 0.3 is 0 Å². The zero-order chi connectivity index (χ0) is 21.3. The second kappa shape index (κ2) is 10.3. The van der Waals surface area contributed by atoms with Crippen LogP contribution in [0.4, 0.5) is 5.69 Å². The van der Waals surface area contributed by atoms with Crippen molar-refractivity contribution in [3.05, 3.63) is 108 Å². The molecule has 2 aromatic carbocycles. The van der Waals surface area contributed by atoms with Crippen LogP contribution in [0, 0.1) is 0 Å². The van der Waals surface area contributed by atoms with E-state index >= 15 is 0 Å². The Bertz CT molecular complexity index is 1030. The first-order valence-corrected chi connectivity index (χ1v) is 9.96. The average molecular weight is 417 g/mol. The molecule has 1 amide bonds. The maximum Gasteiger partial charge on any atom is 0.276 e. The molecule has 2 heterocycles. The number of amides is 1. The van der Waals surface area contributed by atoms with E-state index in [-0.39, 0.29) is 12.7 Å². The number of carbonyl (C=O) groups excluding carboxylic acids is 1. The van der Waals surface area contributed by atoms with Crippen molar-refractivity contribution >= 4 is 11.6 Å². The second-order valence-electron chi connectivity index (χ2n) is 6.93. The molecule has 2 N–H and O–H groups in total. The van der Waals surface area contributed by atoms with Crippen molar-refractivity contribution in [2.24, 2.45) is 0 Å². The fraction of sp³-hybridized carbons (Fsp3) is 0.167. The van der Waals surface area contributed by atoms with Crippen LogP contribution in [-0.4, -0.2) is 23.8 Å². The lowest BCUT2D eigenvalue weighted by molar-refractivity contribution is -0.0286. The topological polar surface area (TPSA) is 81.7 Å². The lowest BCUT2D eigenvalue weighted by atomic mass is 10.1. The molecule has 1 unspecified atom stereocenters. The third-order valence-corrected chi connectivity index (χ3v) is 4.77. The highest BCUT2D eigenvalue weighted by Crippen LogP contribution is 2.20. The fourth-order valence-corrected chi connectivity index (χ4v) is 3.16. The van der Waals surface area contributed by atoms with Crippen molar-refractivity contribution in [3.63, 3.8) is 0 Å². The number of hydrogen-bond acceptors (Lipinski definition) is 6. The summed E-state index contributed by atoms with van der Waals surface area (Å²) in [6.07, 6.45) is 5.01. The summed E-state index contributed by atoms with van der Waals surface area (Å²) in [6.45, 7) is 0.710. The number of aromatic nitrogens is 1. The first-order valence-electron chi connectivity index (χ1n) is 9.96. The lowest BCUT2D eigenvalue weighted by Gasteiger charge is -2.18. The molecule has 1 atom stereocenters. The van der Waals surface area contributed by atoms with Gasteiger partial charge in [0.25, 0.3) is 5.91 Å². The summed E-state index contributed by atoms with van der Waals surface area (Å²) in [5.74, 6) is 0.184. The highest BCUT2D eigenvalue weighted by atomic mass is 16.7. The van der Waals surface area contributed by atoms with Crippen LogP contribution in [0.3, 0.4) is 0 Å². The van der Waals surface area contributed by atoms with Gasteiger partial charge in [-0.2, -0.15) is 0 Å². The Kier molecular flexibility index (Phi) is 6.77. The maximum absolute atomic E-state index is 12.9. The van der Waals surface area contributed by atoms with Gasteiger partial charge in [0, 0.05) is 31.0 Å². The molecule has 0 saturated heterocycles. The van der Waals surface area contributed by atoms with Gasteiger partial charge in [0.05, 0.1) is 5.56 Å². The molecule has 158 valence electrons. The molecule has 0 aliphatic carbocycles. The Morgan fingerprint density at radius 1 is 1.00 bits per heavy atom. The predicted octanol–water partition coefficient (Wildman–Crippen LogP) is 3.81. The van der Waals surface area contributed by atoms with Crippen molar-refractivity contribution in [2.75, 3.05) is 12.1 Å². The minimum atomic E-state index is -0.509. The smallest absolute Gasteiger partial charge is 0.276 e. The molecule has 0 spiro atoms. The van der Waals surface area contributed by atoms with Gasteiger partial charge in [0.15, 0.2) is 5.76 Å². The van der Waals surface area contributed by atoms with E-state index in [9.17, 15) is 4.79 Å². The van der Waals surface area contributed by atoms with Crippen LogP contribution in [0.2, 0.25) is 0 Å². The monoisotopic (exact) mass is 417 g/mol. The van der Waals surface area contributed by atoms with Gasteiger partial charge in [-0.25, -0.2) is 5.48 Å². The number of ether oxygens (including phenoxy) is 2. The van der Waals surface area contributed by atoms with E-state index in [4.69, 9.17) is 14.3 Å². The van der Waals surface area contributed by atoms with E-state index in [0.29, 0.717) is 30.0 Å². The summed E-state index contributed by atoms with van der Waals surface area (Å²) in [4.78, 5) is 22.6. The quantitative estimate of drug-likeness (QED) is 0.515. The number of nitrogens with one attached hydrogen (secondary N) is 2. The van der Waals surface area contributed by atoms with Crippen molar-refractivity contribution < 1.29 is 19.1 Å². The molecule has 0 fully saturated rings. The molecule has 31 heavy (non-hydrogen) atoms. The van der Waals surface area contributed by atoms with Crippen LogP contribution < -0.4 is 10.8 Å². The number of hydroxylamine groups is 1. The number of anilines is 1. The van der Waals surface area contributed by atoms with E-state index in [1.54, 1.807) is 18.5 Å². The van der Waals surface area contributed by atoms with Crippen molar-refractivity contribution in [2.45, 2.75) is 19.1 Å². The van der Waals surface area contributed by atoms with Crippen LogP contribution in [-0.2, 0) is 27.3 Å². The summed E-state index contributed by atoms with van der Waals surface area (Å²) < 4.78 is 10.7. The van der Waals surface area contributed by atoms with Crippen LogP contribution in [0.25, 0.3) is 0 Å². The molecule has 0 radical (unpaired) electrons. The first-order chi connectivity index (χ1) is 15.3. The van der Waals surface area contributed by atoms with E-state index in [2.05, 4.69) is 15.8 Å². The Morgan fingerprint density at radius 3 is 2.55 bits per heavy atom.